The van der Waals surface area contributed by atoms with Crippen molar-refractivity contribution < 1.29 is 17.9 Å². The van der Waals surface area contributed by atoms with Gasteiger partial charge < -0.3 is 9.64 Å². The molecule has 1 heterocycles. The summed E-state index contributed by atoms with van der Waals surface area (Å²) in [4.78, 5) is 14.2. The van der Waals surface area contributed by atoms with Crippen molar-refractivity contribution in [3.8, 4) is 0 Å². The average Bonchev–Trinajstić information content (AvgIpc) is 2.38. The van der Waals surface area contributed by atoms with Crippen LogP contribution in [0.5, 0.6) is 0 Å². The monoisotopic (exact) mass is 332 g/mol. The van der Waals surface area contributed by atoms with Gasteiger partial charge in [-0.15, -0.1) is 0 Å². The number of rotatable bonds is 3. The first-order valence-corrected chi connectivity index (χ1v) is 8.71. The van der Waals surface area contributed by atoms with E-state index in [0.29, 0.717) is 24.7 Å². The van der Waals surface area contributed by atoms with Crippen LogP contribution in [0.25, 0.3) is 0 Å². The summed E-state index contributed by atoms with van der Waals surface area (Å²) in [5, 5.41) is 0.374. The molecule has 1 fully saturated rings. The van der Waals surface area contributed by atoms with Crippen LogP contribution in [0.2, 0.25) is 5.02 Å². The summed E-state index contributed by atoms with van der Waals surface area (Å²) in [6.07, 6.45) is 0.986. The number of benzene rings is 1. The number of ether oxygens (including phenoxy) is 1. The van der Waals surface area contributed by atoms with Gasteiger partial charge in [0.1, 0.15) is 0 Å². The van der Waals surface area contributed by atoms with Crippen LogP contribution in [0.1, 0.15) is 17.3 Å². The Hall–Kier alpha value is -1.31. The summed E-state index contributed by atoms with van der Waals surface area (Å²) in [6.45, 7) is 3.27. The predicted molar refractivity (Wildman–Crippen MR) is 81.2 cm³/mol. The summed E-state index contributed by atoms with van der Waals surface area (Å²) in [7, 11) is -3.48. The van der Waals surface area contributed by atoms with E-state index in [1.807, 2.05) is 6.92 Å². The molecule has 1 aliphatic rings. The van der Waals surface area contributed by atoms with Crippen molar-refractivity contribution in [2.45, 2.75) is 13.0 Å². The number of anilines is 1. The Balaban J connectivity index is 2.32. The van der Waals surface area contributed by atoms with Crippen molar-refractivity contribution in [1.82, 2.24) is 4.90 Å². The molecule has 0 bridgehead atoms. The fourth-order valence-electron chi connectivity index (χ4n) is 2.16. The number of nitrogens with one attached hydrogen (secondary N) is 1. The van der Waals surface area contributed by atoms with Gasteiger partial charge in [0.15, 0.2) is 0 Å². The lowest BCUT2D eigenvalue weighted by Crippen LogP contribution is -2.44. The lowest BCUT2D eigenvalue weighted by Gasteiger charge is -2.31. The first-order valence-electron chi connectivity index (χ1n) is 6.44. The van der Waals surface area contributed by atoms with Crippen molar-refractivity contribution in [2.24, 2.45) is 0 Å². The Morgan fingerprint density at radius 2 is 2.19 bits per heavy atom. The number of hydrogen-bond donors (Lipinski definition) is 1. The molecular weight excluding hydrogens is 316 g/mol. The maximum atomic E-state index is 12.6. The van der Waals surface area contributed by atoms with Gasteiger partial charge in [-0.25, -0.2) is 8.42 Å². The highest BCUT2D eigenvalue weighted by atomic mass is 35.5. The van der Waals surface area contributed by atoms with Crippen LogP contribution in [-0.4, -0.2) is 51.3 Å². The molecule has 6 nitrogen and oxygen atoms in total. The molecule has 1 amide bonds. The fourth-order valence-corrected chi connectivity index (χ4v) is 2.90. The van der Waals surface area contributed by atoms with Gasteiger partial charge in [-0.1, -0.05) is 11.6 Å². The van der Waals surface area contributed by atoms with E-state index >= 15 is 0 Å². The number of sulfonamides is 1. The van der Waals surface area contributed by atoms with Gasteiger partial charge in [-0.3, -0.25) is 9.52 Å². The Labute approximate surface area is 129 Å². The summed E-state index contributed by atoms with van der Waals surface area (Å²) in [6, 6.07) is 4.49. The van der Waals surface area contributed by atoms with Gasteiger partial charge in [0.2, 0.25) is 10.0 Å². The molecule has 116 valence electrons. The smallest absolute Gasteiger partial charge is 0.256 e. The highest BCUT2D eigenvalue weighted by Gasteiger charge is 2.25. The third-order valence-corrected chi connectivity index (χ3v) is 3.86. The van der Waals surface area contributed by atoms with Gasteiger partial charge >= 0.3 is 0 Å². The van der Waals surface area contributed by atoms with E-state index in [-0.39, 0.29) is 23.3 Å². The van der Waals surface area contributed by atoms with Crippen LogP contribution in [0.15, 0.2) is 18.2 Å². The zero-order valence-electron chi connectivity index (χ0n) is 11.8. The van der Waals surface area contributed by atoms with Gasteiger partial charge in [0.25, 0.3) is 5.91 Å². The largest absolute Gasteiger partial charge is 0.375 e. The van der Waals surface area contributed by atoms with E-state index in [2.05, 4.69) is 4.72 Å². The summed E-state index contributed by atoms with van der Waals surface area (Å²) >= 11 is 5.93. The Bertz CT molecular complexity index is 648. The number of carbonyl (C=O) groups excluding carboxylic acids is 1. The van der Waals surface area contributed by atoms with Gasteiger partial charge in [0, 0.05) is 18.1 Å². The Morgan fingerprint density at radius 1 is 1.48 bits per heavy atom. The maximum absolute atomic E-state index is 12.6. The van der Waals surface area contributed by atoms with Gasteiger partial charge in [-0.05, 0) is 25.1 Å². The first-order chi connectivity index (χ1) is 9.76. The predicted octanol–water partition coefficient (Wildman–Crippen LogP) is 1.57. The van der Waals surface area contributed by atoms with Gasteiger partial charge in [-0.2, -0.15) is 0 Å². The highest BCUT2D eigenvalue weighted by molar-refractivity contribution is 7.92. The van der Waals surface area contributed by atoms with Crippen molar-refractivity contribution in [2.75, 3.05) is 30.7 Å². The van der Waals surface area contributed by atoms with Crippen LogP contribution in [0.4, 0.5) is 5.69 Å². The second-order valence-electron chi connectivity index (χ2n) is 5.00. The van der Waals surface area contributed by atoms with Crippen molar-refractivity contribution in [3.05, 3.63) is 28.8 Å². The van der Waals surface area contributed by atoms with E-state index in [0.717, 1.165) is 6.26 Å². The SMILES string of the molecule is CC1CN(C(=O)c2cc(Cl)ccc2NS(C)(=O)=O)CCO1. The molecule has 8 heteroatoms. The minimum absolute atomic E-state index is 0.0480. The number of nitrogens with zero attached hydrogens (tertiary/aromatic N) is 1. The lowest BCUT2D eigenvalue weighted by atomic mass is 10.1. The molecule has 0 spiro atoms. The lowest BCUT2D eigenvalue weighted by molar-refractivity contribution is -0.0123. The topological polar surface area (TPSA) is 75.7 Å². The number of carbonyl (C=O) groups is 1. The number of hydrogen-bond acceptors (Lipinski definition) is 4. The molecule has 21 heavy (non-hydrogen) atoms. The molecule has 1 atom stereocenters. The zero-order valence-corrected chi connectivity index (χ0v) is 13.4. The third-order valence-electron chi connectivity index (χ3n) is 3.04. The van der Waals surface area contributed by atoms with Crippen LogP contribution >= 0.6 is 11.6 Å². The number of halogens is 1. The average molecular weight is 333 g/mol. The second kappa shape index (κ2) is 6.21. The molecule has 1 aliphatic heterocycles. The third kappa shape index (κ3) is 4.33. The molecule has 0 aliphatic carbocycles. The molecule has 2 rings (SSSR count). The molecule has 0 saturated carbocycles. The molecule has 1 aromatic rings. The minimum atomic E-state index is -3.48. The molecule has 1 unspecified atom stereocenters. The first kappa shape index (κ1) is 16.1. The Morgan fingerprint density at radius 3 is 2.81 bits per heavy atom. The van der Waals surface area contributed by atoms with Crippen LogP contribution in [0.3, 0.4) is 0 Å². The fraction of sp³-hybridized carbons (Fsp3) is 0.462. The van der Waals surface area contributed by atoms with Crippen molar-refractivity contribution >= 4 is 33.2 Å². The minimum Gasteiger partial charge on any atom is -0.375 e. The molecule has 1 saturated heterocycles. The number of morpholine rings is 1. The molecule has 0 aromatic heterocycles. The molecular formula is C13H17ClN2O4S. The summed E-state index contributed by atoms with van der Waals surface area (Å²) in [5.41, 5.74) is 0.466. The Kier molecular flexibility index (Phi) is 4.75. The van der Waals surface area contributed by atoms with Crippen LogP contribution < -0.4 is 4.72 Å². The van der Waals surface area contributed by atoms with E-state index in [1.54, 1.807) is 4.90 Å². The van der Waals surface area contributed by atoms with E-state index in [9.17, 15) is 13.2 Å². The standard InChI is InChI=1S/C13H17ClN2O4S/c1-9-8-16(5-6-20-9)13(17)11-7-10(14)3-4-12(11)15-21(2,18)19/h3-4,7,9,15H,5-6,8H2,1-2H3. The molecule has 1 aromatic carbocycles. The molecule has 0 radical (unpaired) electrons. The summed E-state index contributed by atoms with van der Waals surface area (Å²) in [5.74, 6) is -0.265. The quantitative estimate of drug-likeness (QED) is 0.911. The van der Waals surface area contributed by atoms with Crippen LogP contribution in [0, 0.1) is 0 Å². The number of amides is 1. The molecule has 1 N–H and O–H groups in total. The summed E-state index contributed by atoms with van der Waals surface area (Å²) < 4.78 is 30.5. The normalized spacial score (nSPS) is 19.4. The van der Waals surface area contributed by atoms with Crippen LogP contribution in [-0.2, 0) is 14.8 Å². The highest BCUT2D eigenvalue weighted by Crippen LogP contribution is 2.24. The van der Waals surface area contributed by atoms with E-state index in [1.165, 1.54) is 18.2 Å². The van der Waals surface area contributed by atoms with Crippen molar-refractivity contribution in [3.63, 3.8) is 0 Å². The second-order valence-corrected chi connectivity index (χ2v) is 7.18. The zero-order chi connectivity index (χ0) is 15.6. The van der Waals surface area contributed by atoms with Gasteiger partial charge in [0.05, 0.1) is 30.2 Å². The maximum Gasteiger partial charge on any atom is 0.256 e. The van der Waals surface area contributed by atoms with E-state index in [4.69, 9.17) is 16.3 Å². The van der Waals surface area contributed by atoms with E-state index < -0.39 is 10.0 Å². The van der Waals surface area contributed by atoms with Crippen molar-refractivity contribution in [1.29, 1.82) is 0 Å².